The maximum Gasteiger partial charge on any atom is 0.165 e. The summed E-state index contributed by atoms with van der Waals surface area (Å²) in [7, 11) is 0. The van der Waals surface area contributed by atoms with Crippen LogP contribution in [0.15, 0.2) is 30.6 Å². The van der Waals surface area contributed by atoms with Crippen molar-refractivity contribution < 1.29 is 4.74 Å². The highest BCUT2D eigenvalue weighted by molar-refractivity contribution is 5.27. The Balaban J connectivity index is 2.00. The lowest BCUT2D eigenvalue weighted by atomic mass is 10.2. The summed E-state index contributed by atoms with van der Waals surface area (Å²) in [6.07, 6.45) is 1.55. The van der Waals surface area contributed by atoms with E-state index in [0.29, 0.717) is 13.2 Å². The van der Waals surface area contributed by atoms with E-state index in [4.69, 9.17) is 10.5 Å². The first-order valence-electron chi connectivity index (χ1n) is 6.01. The van der Waals surface area contributed by atoms with E-state index in [1.54, 1.807) is 6.33 Å². The molecule has 0 unspecified atom stereocenters. The molecule has 0 saturated carbocycles. The van der Waals surface area contributed by atoms with Crippen LogP contribution in [0.3, 0.4) is 0 Å². The fourth-order valence-corrected chi connectivity index (χ4v) is 1.68. The van der Waals surface area contributed by atoms with Crippen LogP contribution >= 0.6 is 0 Å². The van der Waals surface area contributed by atoms with E-state index in [-0.39, 0.29) is 6.04 Å². The molecule has 2 rings (SSSR count). The third-order valence-corrected chi connectivity index (χ3v) is 2.66. The second kappa shape index (κ2) is 5.64. The van der Waals surface area contributed by atoms with E-state index in [1.807, 2.05) is 28.9 Å². The summed E-state index contributed by atoms with van der Waals surface area (Å²) >= 11 is 0. The number of hydrogen-bond acceptors (Lipinski definition) is 4. The molecular weight excluding hydrogens is 228 g/mol. The van der Waals surface area contributed by atoms with Gasteiger partial charge in [0.25, 0.3) is 0 Å². The summed E-state index contributed by atoms with van der Waals surface area (Å²) in [5, 5.41) is 4.16. The molecule has 0 fully saturated rings. The zero-order chi connectivity index (χ0) is 13.0. The molecule has 5 nitrogen and oxygen atoms in total. The van der Waals surface area contributed by atoms with Crippen LogP contribution in [-0.2, 0) is 13.2 Å². The van der Waals surface area contributed by atoms with Gasteiger partial charge in [-0.05, 0) is 31.5 Å². The molecule has 0 saturated heterocycles. The quantitative estimate of drug-likeness (QED) is 0.875. The molecule has 2 aromatic rings. The van der Waals surface area contributed by atoms with E-state index >= 15 is 0 Å². The van der Waals surface area contributed by atoms with Gasteiger partial charge < -0.3 is 10.5 Å². The molecule has 0 amide bonds. The molecule has 1 aromatic heterocycles. The number of benzene rings is 1. The minimum Gasteiger partial charge on any atom is -0.486 e. The first kappa shape index (κ1) is 12.6. The van der Waals surface area contributed by atoms with Crippen molar-refractivity contribution in [2.75, 3.05) is 0 Å². The van der Waals surface area contributed by atoms with Gasteiger partial charge in [-0.2, -0.15) is 5.10 Å². The van der Waals surface area contributed by atoms with Crippen LogP contribution in [-0.4, -0.2) is 14.8 Å². The summed E-state index contributed by atoms with van der Waals surface area (Å²) in [5.41, 5.74) is 6.63. The molecular formula is C13H18N4O. The zero-order valence-electron chi connectivity index (χ0n) is 10.7. The van der Waals surface area contributed by atoms with Gasteiger partial charge in [-0.1, -0.05) is 12.1 Å². The van der Waals surface area contributed by atoms with E-state index < -0.39 is 0 Å². The Labute approximate surface area is 107 Å². The maximum atomic E-state index is 5.68. The average molecular weight is 246 g/mol. The first-order chi connectivity index (χ1) is 8.70. The number of ether oxygens (including phenoxy) is 1. The smallest absolute Gasteiger partial charge is 0.165 e. The van der Waals surface area contributed by atoms with Gasteiger partial charge in [-0.25, -0.2) is 9.67 Å². The van der Waals surface area contributed by atoms with E-state index in [0.717, 1.165) is 17.1 Å². The Morgan fingerprint density at radius 1 is 1.28 bits per heavy atom. The average Bonchev–Trinajstić information content (AvgIpc) is 2.85. The molecule has 0 aliphatic rings. The molecule has 1 aromatic carbocycles. The van der Waals surface area contributed by atoms with E-state index in [1.165, 1.54) is 0 Å². The number of hydrogen-bond donors (Lipinski definition) is 1. The standard InChI is InChI=1S/C13H18N4O/c1-10(2)17-13(15-9-16-17)8-18-12-5-3-11(7-14)4-6-12/h3-6,9-10H,7-8,14H2,1-2H3. The van der Waals surface area contributed by atoms with Crippen molar-refractivity contribution in [3.05, 3.63) is 42.0 Å². The fourth-order valence-electron chi connectivity index (χ4n) is 1.68. The Hall–Kier alpha value is -1.88. The minimum atomic E-state index is 0.283. The molecule has 0 radical (unpaired) electrons. The van der Waals surface area contributed by atoms with Crippen LogP contribution in [0.25, 0.3) is 0 Å². The topological polar surface area (TPSA) is 66.0 Å². The molecule has 0 atom stereocenters. The zero-order valence-corrected chi connectivity index (χ0v) is 10.7. The summed E-state index contributed by atoms with van der Waals surface area (Å²) < 4.78 is 7.53. The number of nitrogens with two attached hydrogens (primary N) is 1. The van der Waals surface area contributed by atoms with Crippen molar-refractivity contribution in [3.8, 4) is 5.75 Å². The van der Waals surface area contributed by atoms with Crippen molar-refractivity contribution in [2.24, 2.45) is 5.73 Å². The highest BCUT2D eigenvalue weighted by Crippen LogP contribution is 2.14. The van der Waals surface area contributed by atoms with Crippen molar-refractivity contribution in [1.82, 2.24) is 14.8 Å². The lowest BCUT2D eigenvalue weighted by molar-refractivity contribution is 0.282. The van der Waals surface area contributed by atoms with Gasteiger partial charge >= 0.3 is 0 Å². The molecule has 1 heterocycles. The van der Waals surface area contributed by atoms with E-state index in [9.17, 15) is 0 Å². The minimum absolute atomic E-state index is 0.283. The van der Waals surface area contributed by atoms with Gasteiger partial charge in [0.05, 0.1) is 0 Å². The molecule has 0 aliphatic carbocycles. The molecule has 2 N–H and O–H groups in total. The van der Waals surface area contributed by atoms with Gasteiger partial charge in [0.15, 0.2) is 5.82 Å². The maximum absolute atomic E-state index is 5.68. The number of aromatic nitrogens is 3. The van der Waals surface area contributed by atoms with Crippen LogP contribution in [0, 0.1) is 0 Å². The van der Waals surface area contributed by atoms with Crippen molar-refractivity contribution in [3.63, 3.8) is 0 Å². The fraction of sp³-hybridized carbons (Fsp3) is 0.385. The largest absolute Gasteiger partial charge is 0.486 e. The van der Waals surface area contributed by atoms with E-state index in [2.05, 4.69) is 23.9 Å². The van der Waals surface area contributed by atoms with Crippen molar-refractivity contribution in [2.45, 2.75) is 33.0 Å². The monoisotopic (exact) mass is 246 g/mol. The predicted molar refractivity (Wildman–Crippen MR) is 69.1 cm³/mol. The second-order valence-electron chi connectivity index (χ2n) is 4.35. The summed E-state index contributed by atoms with van der Waals surface area (Å²) in [5.74, 6) is 1.64. The van der Waals surface area contributed by atoms with Crippen LogP contribution in [0.4, 0.5) is 0 Å². The Morgan fingerprint density at radius 3 is 2.61 bits per heavy atom. The van der Waals surface area contributed by atoms with Gasteiger partial charge in [-0.15, -0.1) is 0 Å². The second-order valence-corrected chi connectivity index (χ2v) is 4.35. The van der Waals surface area contributed by atoms with Gasteiger partial charge in [0.1, 0.15) is 18.7 Å². The summed E-state index contributed by atoms with van der Waals surface area (Å²) in [6, 6.07) is 8.03. The lowest BCUT2D eigenvalue weighted by Crippen LogP contribution is -2.10. The van der Waals surface area contributed by atoms with Gasteiger partial charge in [0, 0.05) is 12.6 Å². The molecule has 96 valence electrons. The van der Waals surface area contributed by atoms with Crippen LogP contribution in [0.5, 0.6) is 5.75 Å². The van der Waals surface area contributed by atoms with Crippen LogP contribution < -0.4 is 10.5 Å². The summed E-state index contributed by atoms with van der Waals surface area (Å²) in [4.78, 5) is 4.19. The van der Waals surface area contributed by atoms with Crippen molar-refractivity contribution >= 4 is 0 Å². The molecule has 0 spiro atoms. The van der Waals surface area contributed by atoms with Gasteiger partial charge in [0.2, 0.25) is 0 Å². The normalized spacial score (nSPS) is 10.9. The molecule has 0 aliphatic heterocycles. The highest BCUT2D eigenvalue weighted by Gasteiger charge is 2.07. The Morgan fingerprint density at radius 2 is 2.00 bits per heavy atom. The highest BCUT2D eigenvalue weighted by atomic mass is 16.5. The predicted octanol–water partition coefficient (Wildman–Crippen LogP) is 1.90. The molecule has 0 bridgehead atoms. The number of nitrogens with zero attached hydrogens (tertiary/aromatic N) is 3. The molecule has 18 heavy (non-hydrogen) atoms. The lowest BCUT2D eigenvalue weighted by Gasteiger charge is -2.10. The third-order valence-electron chi connectivity index (χ3n) is 2.66. The SMILES string of the molecule is CC(C)n1ncnc1COc1ccc(CN)cc1. The van der Waals surface area contributed by atoms with Gasteiger partial charge in [-0.3, -0.25) is 0 Å². The van der Waals surface area contributed by atoms with Crippen LogP contribution in [0.1, 0.15) is 31.3 Å². The Kier molecular flexibility index (Phi) is 3.94. The first-order valence-corrected chi connectivity index (χ1v) is 6.01. The molecule has 5 heteroatoms. The number of rotatable bonds is 5. The van der Waals surface area contributed by atoms with Crippen molar-refractivity contribution in [1.29, 1.82) is 0 Å². The Bertz CT molecular complexity index is 490. The third kappa shape index (κ3) is 2.87. The summed E-state index contributed by atoms with van der Waals surface area (Å²) in [6.45, 7) is 5.09. The van der Waals surface area contributed by atoms with Crippen LogP contribution in [0.2, 0.25) is 0 Å².